The van der Waals surface area contributed by atoms with E-state index in [-0.39, 0.29) is 46.7 Å². The van der Waals surface area contributed by atoms with Gasteiger partial charge >= 0.3 is 0 Å². The zero-order valence-corrected chi connectivity index (χ0v) is 37.7. The Balaban J connectivity index is 1.99. The van der Waals surface area contributed by atoms with Crippen molar-refractivity contribution in [1.82, 2.24) is 0 Å². The van der Waals surface area contributed by atoms with Crippen molar-refractivity contribution in [3.63, 3.8) is 0 Å². The molecule has 0 saturated heterocycles. The number of hydrogen-bond donors (Lipinski definition) is 4. The first-order valence-corrected chi connectivity index (χ1v) is 22.7. The van der Waals surface area contributed by atoms with Crippen molar-refractivity contribution in [2.45, 2.75) is 154 Å². The fraction of sp³-hybridized carbons (Fsp3) is 0.538. The first-order valence-electron chi connectivity index (χ1n) is 22.7. The first-order chi connectivity index (χ1) is 29.1. The SMILES string of the molecule is CCCCCC1c2cc(c(OC)cc2O)C(CCCCC)c2cc(c(OC)cc2O)C(CCCCC)c2cc(c(OC)cc2O)C(CCCCC)c2cc1c(OC)cc2O. The second-order valence-corrected chi connectivity index (χ2v) is 16.8. The Kier molecular flexibility index (Phi) is 17.2. The fourth-order valence-corrected chi connectivity index (χ4v) is 9.63. The second kappa shape index (κ2) is 22.2. The summed E-state index contributed by atoms with van der Waals surface area (Å²) in [6.07, 6.45) is 14.8. The molecular formula is C52H72O8. The van der Waals surface area contributed by atoms with Crippen molar-refractivity contribution < 1.29 is 39.4 Å². The Morgan fingerprint density at radius 1 is 0.317 bits per heavy atom. The number of ether oxygens (including phenoxy) is 4. The van der Waals surface area contributed by atoms with Crippen LogP contribution >= 0.6 is 0 Å². The summed E-state index contributed by atoms with van der Waals surface area (Å²) in [7, 11) is 6.53. The third-order valence-corrected chi connectivity index (χ3v) is 12.9. The topological polar surface area (TPSA) is 118 Å². The number of hydrogen-bond acceptors (Lipinski definition) is 8. The highest BCUT2D eigenvalue weighted by Gasteiger charge is 2.33. The summed E-state index contributed by atoms with van der Waals surface area (Å²) < 4.78 is 24.4. The number of aromatic hydroxyl groups is 4. The maximum Gasteiger partial charge on any atom is 0.126 e. The number of benzene rings is 4. The standard InChI is InChI=1S/C52H72O8/c1-9-13-17-21-33-37-25-42(50(58-6)29-45(37)53)35(23-19-15-11-3)39-27-44(52(60-8)31-47(39)55)36(24-20-16-12-4)40-28-43(51(59-7)32-48(40)56)34(22-18-14-10-2)38-26-41(33)49(57-5)30-46(38)54/h25-36,53-56H,9-24H2,1-8H3. The van der Waals surface area contributed by atoms with Gasteiger partial charge in [0.1, 0.15) is 46.0 Å². The molecule has 1 aliphatic rings. The van der Waals surface area contributed by atoms with E-state index in [0.29, 0.717) is 23.0 Å². The van der Waals surface area contributed by atoms with E-state index in [1.165, 1.54) is 0 Å². The highest BCUT2D eigenvalue weighted by Crippen LogP contribution is 2.53. The molecule has 328 valence electrons. The molecule has 4 N–H and O–H groups in total. The number of fused-ring (bicyclic) bond motifs is 8. The van der Waals surface area contributed by atoms with Crippen LogP contribution in [0.5, 0.6) is 46.0 Å². The van der Waals surface area contributed by atoms with E-state index in [1.807, 2.05) is 0 Å². The van der Waals surface area contributed by atoms with Crippen molar-refractivity contribution in [2.75, 3.05) is 28.4 Å². The van der Waals surface area contributed by atoms with Crippen molar-refractivity contribution in [2.24, 2.45) is 0 Å². The van der Waals surface area contributed by atoms with Crippen LogP contribution in [-0.4, -0.2) is 48.9 Å². The van der Waals surface area contributed by atoms with Crippen molar-refractivity contribution >= 4 is 0 Å². The van der Waals surface area contributed by atoms with Gasteiger partial charge in [0, 0.05) is 92.4 Å². The molecule has 60 heavy (non-hydrogen) atoms. The van der Waals surface area contributed by atoms with Gasteiger partial charge in [0.05, 0.1) is 28.4 Å². The van der Waals surface area contributed by atoms with Crippen LogP contribution in [-0.2, 0) is 0 Å². The molecule has 0 fully saturated rings. The van der Waals surface area contributed by atoms with Gasteiger partial charge in [-0.05, 0) is 49.9 Å². The number of phenols is 4. The van der Waals surface area contributed by atoms with Gasteiger partial charge in [-0.1, -0.05) is 105 Å². The Labute approximate surface area is 359 Å². The molecule has 0 spiro atoms. The molecule has 8 nitrogen and oxygen atoms in total. The highest BCUT2D eigenvalue weighted by atomic mass is 16.5. The molecule has 1 aliphatic carbocycles. The third kappa shape index (κ3) is 10.2. The number of unbranched alkanes of at least 4 members (excludes halogenated alkanes) is 8. The van der Waals surface area contributed by atoms with E-state index in [9.17, 15) is 20.4 Å². The van der Waals surface area contributed by atoms with E-state index in [0.717, 1.165) is 147 Å². The smallest absolute Gasteiger partial charge is 0.126 e. The zero-order valence-electron chi connectivity index (χ0n) is 37.7. The molecule has 4 aromatic rings. The molecule has 0 aromatic heterocycles. The van der Waals surface area contributed by atoms with E-state index in [1.54, 1.807) is 52.7 Å². The maximum absolute atomic E-state index is 12.0. The molecule has 4 aromatic carbocycles. The molecule has 8 bridgehead atoms. The largest absolute Gasteiger partial charge is 0.508 e. The Hall–Kier alpha value is -4.72. The number of rotatable bonds is 20. The van der Waals surface area contributed by atoms with Gasteiger partial charge in [-0.15, -0.1) is 0 Å². The fourth-order valence-electron chi connectivity index (χ4n) is 9.63. The molecule has 4 atom stereocenters. The molecule has 0 aliphatic heterocycles. The van der Waals surface area contributed by atoms with Crippen LogP contribution in [0.3, 0.4) is 0 Å². The van der Waals surface area contributed by atoms with Crippen LogP contribution in [0.4, 0.5) is 0 Å². The van der Waals surface area contributed by atoms with E-state index in [4.69, 9.17) is 18.9 Å². The van der Waals surface area contributed by atoms with E-state index in [2.05, 4.69) is 52.0 Å². The summed E-state index contributed by atoms with van der Waals surface area (Å²) in [5.41, 5.74) is 6.54. The van der Waals surface area contributed by atoms with Crippen molar-refractivity contribution in [3.8, 4) is 46.0 Å². The number of methoxy groups -OCH3 is 4. The lowest BCUT2D eigenvalue weighted by atomic mass is 9.76. The van der Waals surface area contributed by atoms with Gasteiger partial charge in [0.2, 0.25) is 0 Å². The van der Waals surface area contributed by atoms with Crippen LogP contribution in [0.2, 0.25) is 0 Å². The van der Waals surface area contributed by atoms with E-state index < -0.39 is 0 Å². The predicted molar refractivity (Wildman–Crippen MR) is 243 cm³/mol. The summed E-state index contributed by atoms with van der Waals surface area (Å²) >= 11 is 0. The molecule has 8 heteroatoms. The highest BCUT2D eigenvalue weighted by molar-refractivity contribution is 5.62. The average Bonchev–Trinajstić information content (AvgIpc) is 3.25. The quantitative estimate of drug-likeness (QED) is 0.0651. The van der Waals surface area contributed by atoms with Crippen molar-refractivity contribution in [3.05, 3.63) is 93.0 Å². The Morgan fingerprint density at radius 3 is 0.683 bits per heavy atom. The minimum Gasteiger partial charge on any atom is -0.508 e. The van der Waals surface area contributed by atoms with Crippen LogP contribution in [0.25, 0.3) is 0 Å². The first kappa shape index (κ1) is 46.3. The van der Waals surface area contributed by atoms with E-state index >= 15 is 0 Å². The van der Waals surface area contributed by atoms with Gasteiger partial charge in [-0.3, -0.25) is 0 Å². The monoisotopic (exact) mass is 825 g/mol. The Bertz CT molecular complexity index is 1720. The molecule has 0 radical (unpaired) electrons. The zero-order chi connectivity index (χ0) is 43.3. The van der Waals surface area contributed by atoms with Gasteiger partial charge < -0.3 is 39.4 Å². The summed E-state index contributed by atoms with van der Waals surface area (Å²) in [4.78, 5) is 0. The maximum atomic E-state index is 12.0. The normalized spacial score (nSPS) is 17.3. The van der Waals surface area contributed by atoms with Crippen LogP contribution < -0.4 is 18.9 Å². The van der Waals surface area contributed by atoms with Gasteiger partial charge in [0.25, 0.3) is 0 Å². The summed E-state index contributed by atoms with van der Waals surface area (Å²) in [6, 6.07) is 15.3. The minimum absolute atomic E-state index is 0.127. The van der Waals surface area contributed by atoms with Gasteiger partial charge in [0.15, 0.2) is 0 Å². The summed E-state index contributed by atoms with van der Waals surface area (Å²) in [6.45, 7) is 8.75. The molecule has 0 heterocycles. The molecule has 0 amide bonds. The summed E-state index contributed by atoms with van der Waals surface area (Å²) in [5, 5.41) is 48.2. The molecule has 5 rings (SSSR count). The lowest BCUT2D eigenvalue weighted by Gasteiger charge is -2.30. The van der Waals surface area contributed by atoms with Crippen LogP contribution in [0.1, 0.15) is 199 Å². The van der Waals surface area contributed by atoms with Gasteiger partial charge in [-0.2, -0.15) is 0 Å². The van der Waals surface area contributed by atoms with Crippen LogP contribution in [0.15, 0.2) is 48.5 Å². The lowest BCUT2D eigenvalue weighted by molar-refractivity contribution is 0.387. The predicted octanol–water partition coefficient (Wildman–Crippen LogP) is 13.7. The number of phenolic OH excluding ortho intramolecular Hbond substituents is 4. The minimum atomic E-state index is -0.295. The average molecular weight is 825 g/mol. The Morgan fingerprint density at radius 2 is 0.517 bits per heavy atom. The van der Waals surface area contributed by atoms with Crippen molar-refractivity contribution in [1.29, 1.82) is 0 Å². The third-order valence-electron chi connectivity index (χ3n) is 12.9. The lowest BCUT2D eigenvalue weighted by Crippen LogP contribution is -2.13. The van der Waals surface area contributed by atoms with Gasteiger partial charge in [-0.25, -0.2) is 0 Å². The second-order valence-electron chi connectivity index (χ2n) is 16.8. The summed E-state index contributed by atoms with van der Waals surface area (Å²) in [5.74, 6) is 1.53. The van der Waals surface area contributed by atoms with Crippen LogP contribution in [0, 0.1) is 0 Å². The molecular weight excluding hydrogens is 753 g/mol. The molecule has 0 saturated carbocycles. The molecule has 4 unspecified atom stereocenters.